The first-order valence-electron chi connectivity index (χ1n) is 16.7. The molecule has 0 heterocycles. The van der Waals surface area contributed by atoms with Crippen LogP contribution in [-0.4, -0.2) is 6.36 Å². The van der Waals surface area contributed by atoms with Gasteiger partial charge < -0.3 is 4.74 Å². The van der Waals surface area contributed by atoms with Gasteiger partial charge in [0.25, 0.3) is 0 Å². The molecule has 238 valence electrons. The highest BCUT2D eigenvalue weighted by Crippen LogP contribution is 2.45. The van der Waals surface area contributed by atoms with E-state index in [9.17, 15) is 17.6 Å². The lowest BCUT2D eigenvalue weighted by Gasteiger charge is -2.32. The fourth-order valence-corrected chi connectivity index (χ4v) is 8.22. The molecule has 2 saturated carbocycles. The Kier molecular flexibility index (Phi) is 10.7. The van der Waals surface area contributed by atoms with Crippen LogP contribution >= 0.6 is 0 Å². The Hall–Kier alpha value is -2.18. The molecule has 1 unspecified atom stereocenters. The van der Waals surface area contributed by atoms with E-state index < -0.39 is 23.7 Å². The summed E-state index contributed by atoms with van der Waals surface area (Å²) in [5.41, 5.74) is 2.29. The van der Waals surface area contributed by atoms with Gasteiger partial charge in [-0.2, -0.15) is 0 Å². The lowest BCUT2D eigenvalue weighted by Crippen LogP contribution is -2.21. The maximum atomic E-state index is 15.8. The molecule has 2 fully saturated rings. The molecule has 0 radical (unpaired) electrons. The Morgan fingerprint density at radius 2 is 1.37 bits per heavy atom. The van der Waals surface area contributed by atoms with Gasteiger partial charge in [0.2, 0.25) is 0 Å². The third-order valence-electron chi connectivity index (χ3n) is 10.7. The van der Waals surface area contributed by atoms with Crippen LogP contribution in [0, 0.1) is 35.2 Å². The topological polar surface area (TPSA) is 9.23 Å². The lowest BCUT2D eigenvalue weighted by molar-refractivity contribution is -0.275. The summed E-state index contributed by atoms with van der Waals surface area (Å²) in [5.74, 6) is -0.880. The Labute approximate surface area is 252 Å². The van der Waals surface area contributed by atoms with E-state index in [0.29, 0.717) is 49.1 Å². The lowest BCUT2D eigenvalue weighted by atomic mass is 9.73. The van der Waals surface area contributed by atoms with Crippen molar-refractivity contribution in [1.82, 2.24) is 0 Å². The Morgan fingerprint density at radius 1 is 0.721 bits per heavy atom. The van der Waals surface area contributed by atoms with E-state index in [1.165, 1.54) is 63.9 Å². The second-order valence-electron chi connectivity index (χ2n) is 13.6. The number of unbranched alkanes of at least 4 members (excludes halogenated alkanes) is 2. The van der Waals surface area contributed by atoms with Gasteiger partial charge >= 0.3 is 6.36 Å². The molecular weight excluding hydrogens is 562 g/mol. The standard InChI is InChI=1S/C36H46F6O/c1-2-3-4-5-23-6-8-24(9-7-23)10-11-25-12-18-30-29(20-25)22-32(38)34(35(30)39)27-15-13-26(14-16-27)28-17-19-33(31(37)21-28)43-36(40,41)42/h17,19,21-27H,2-16,18,20H2,1H3. The highest BCUT2D eigenvalue weighted by molar-refractivity contribution is 5.39. The summed E-state index contributed by atoms with van der Waals surface area (Å²) in [7, 11) is 0. The third-order valence-corrected chi connectivity index (χ3v) is 10.7. The van der Waals surface area contributed by atoms with E-state index in [2.05, 4.69) is 11.7 Å². The SMILES string of the molecule is CCCCCC1CCC(CCC2CCc3c(cc(F)c(C4CCC(c5ccc(OC(F)(F)F)c(F)c5)CC4)c3F)C2)CC1. The van der Waals surface area contributed by atoms with Crippen molar-refractivity contribution in [3.63, 3.8) is 0 Å². The number of ether oxygens (including phenoxy) is 1. The monoisotopic (exact) mass is 608 g/mol. The number of halogens is 6. The molecule has 0 aromatic heterocycles. The average molecular weight is 609 g/mol. The first-order valence-corrected chi connectivity index (χ1v) is 16.7. The van der Waals surface area contributed by atoms with E-state index in [1.807, 2.05) is 0 Å². The Bertz CT molecular complexity index is 1210. The predicted octanol–water partition coefficient (Wildman–Crippen LogP) is 11.7. The van der Waals surface area contributed by atoms with Crippen LogP contribution in [0.4, 0.5) is 26.3 Å². The number of hydrogen-bond donors (Lipinski definition) is 0. The normalized spacial score (nSPS) is 26.3. The number of alkyl halides is 3. The fourth-order valence-electron chi connectivity index (χ4n) is 8.22. The largest absolute Gasteiger partial charge is 0.573 e. The maximum absolute atomic E-state index is 15.8. The number of hydrogen-bond acceptors (Lipinski definition) is 1. The molecule has 3 aliphatic rings. The summed E-state index contributed by atoms with van der Waals surface area (Å²) in [6.07, 6.45) is 12.8. The van der Waals surface area contributed by atoms with Crippen LogP contribution in [0.2, 0.25) is 0 Å². The molecule has 7 heteroatoms. The molecule has 0 spiro atoms. The van der Waals surface area contributed by atoms with Gasteiger partial charge in [-0.3, -0.25) is 0 Å². The first-order chi connectivity index (χ1) is 20.6. The van der Waals surface area contributed by atoms with Crippen LogP contribution in [-0.2, 0) is 12.8 Å². The predicted molar refractivity (Wildman–Crippen MR) is 158 cm³/mol. The van der Waals surface area contributed by atoms with Crippen molar-refractivity contribution in [3.05, 3.63) is 64.0 Å². The molecule has 0 bridgehead atoms. The number of benzene rings is 2. The van der Waals surface area contributed by atoms with Crippen molar-refractivity contribution in [2.75, 3.05) is 0 Å². The summed E-state index contributed by atoms with van der Waals surface area (Å²) >= 11 is 0. The average Bonchev–Trinajstić information content (AvgIpc) is 2.97. The van der Waals surface area contributed by atoms with Crippen LogP contribution in [0.25, 0.3) is 0 Å². The van der Waals surface area contributed by atoms with E-state index >= 15 is 8.78 Å². The summed E-state index contributed by atoms with van der Waals surface area (Å²) in [4.78, 5) is 0. The van der Waals surface area contributed by atoms with Crippen LogP contribution in [0.5, 0.6) is 5.75 Å². The summed E-state index contributed by atoms with van der Waals surface area (Å²) in [6, 6.07) is 5.12. The van der Waals surface area contributed by atoms with Gasteiger partial charge in [0.15, 0.2) is 11.6 Å². The minimum Gasteiger partial charge on any atom is -0.403 e. The minimum absolute atomic E-state index is 0.0775. The van der Waals surface area contributed by atoms with Crippen molar-refractivity contribution < 1.29 is 31.1 Å². The third kappa shape index (κ3) is 8.30. The van der Waals surface area contributed by atoms with E-state index in [4.69, 9.17) is 0 Å². The molecule has 0 aliphatic heterocycles. The summed E-state index contributed by atoms with van der Waals surface area (Å²) < 4.78 is 86.6. The molecule has 2 aromatic rings. The smallest absolute Gasteiger partial charge is 0.403 e. The van der Waals surface area contributed by atoms with Crippen LogP contribution < -0.4 is 4.74 Å². The zero-order chi connectivity index (χ0) is 30.6. The zero-order valence-electron chi connectivity index (χ0n) is 25.4. The summed E-state index contributed by atoms with van der Waals surface area (Å²) in [6.45, 7) is 2.26. The molecule has 3 aliphatic carbocycles. The van der Waals surface area contributed by atoms with E-state index in [-0.39, 0.29) is 23.2 Å². The van der Waals surface area contributed by atoms with Gasteiger partial charge in [0.1, 0.15) is 11.6 Å². The second-order valence-corrected chi connectivity index (χ2v) is 13.6. The molecule has 0 N–H and O–H groups in total. The molecule has 5 rings (SSSR count). The molecule has 0 amide bonds. The van der Waals surface area contributed by atoms with Gasteiger partial charge in [-0.05, 0) is 116 Å². The molecule has 0 saturated heterocycles. The van der Waals surface area contributed by atoms with Gasteiger partial charge in [-0.15, -0.1) is 13.2 Å². The number of fused-ring (bicyclic) bond motifs is 1. The van der Waals surface area contributed by atoms with Gasteiger partial charge in [-0.25, -0.2) is 13.2 Å². The van der Waals surface area contributed by atoms with Crippen molar-refractivity contribution in [3.8, 4) is 5.75 Å². The van der Waals surface area contributed by atoms with E-state index in [1.54, 1.807) is 6.07 Å². The Balaban J connectivity index is 1.13. The highest BCUT2D eigenvalue weighted by Gasteiger charge is 2.34. The van der Waals surface area contributed by atoms with Crippen LogP contribution in [0.15, 0.2) is 24.3 Å². The molecule has 1 atom stereocenters. The second kappa shape index (κ2) is 14.3. The van der Waals surface area contributed by atoms with Gasteiger partial charge in [-0.1, -0.05) is 70.8 Å². The van der Waals surface area contributed by atoms with Crippen molar-refractivity contribution >= 4 is 0 Å². The minimum atomic E-state index is -4.96. The molecular formula is C36H46F6O. The van der Waals surface area contributed by atoms with Crippen molar-refractivity contribution in [2.24, 2.45) is 17.8 Å². The Morgan fingerprint density at radius 3 is 2.02 bits per heavy atom. The van der Waals surface area contributed by atoms with Gasteiger partial charge in [0.05, 0.1) is 0 Å². The van der Waals surface area contributed by atoms with Crippen LogP contribution in [0.3, 0.4) is 0 Å². The quantitative estimate of drug-likeness (QED) is 0.193. The van der Waals surface area contributed by atoms with Crippen molar-refractivity contribution in [1.29, 1.82) is 0 Å². The molecule has 2 aromatic carbocycles. The van der Waals surface area contributed by atoms with E-state index in [0.717, 1.165) is 48.8 Å². The number of rotatable bonds is 10. The van der Waals surface area contributed by atoms with Crippen molar-refractivity contribution in [2.45, 2.75) is 134 Å². The van der Waals surface area contributed by atoms with Crippen LogP contribution in [0.1, 0.15) is 137 Å². The molecule has 43 heavy (non-hydrogen) atoms. The zero-order valence-corrected chi connectivity index (χ0v) is 25.4. The highest BCUT2D eigenvalue weighted by atomic mass is 19.4. The maximum Gasteiger partial charge on any atom is 0.573 e. The first kappa shape index (κ1) is 32.2. The molecule has 1 nitrogen and oxygen atoms in total. The van der Waals surface area contributed by atoms with Gasteiger partial charge in [0, 0.05) is 5.56 Å². The summed E-state index contributed by atoms with van der Waals surface area (Å²) in [5, 5.41) is 0. The fraction of sp³-hybridized carbons (Fsp3) is 0.667.